The lowest BCUT2D eigenvalue weighted by atomic mass is 9.82. The van der Waals surface area contributed by atoms with Gasteiger partial charge < -0.3 is 5.32 Å². The standard InChI is InChI=1S/C12H25N5/c1-7-13-10(3)11-14-15-16-17(11)8-9(2)12(4,5)6/h9-10,13H,7-8H2,1-6H3. The smallest absolute Gasteiger partial charge is 0.167 e. The average molecular weight is 239 g/mol. The van der Waals surface area contributed by atoms with E-state index in [4.69, 9.17) is 0 Å². The molecule has 5 nitrogen and oxygen atoms in total. The lowest BCUT2D eigenvalue weighted by Gasteiger charge is -2.27. The van der Waals surface area contributed by atoms with Gasteiger partial charge in [-0.25, -0.2) is 4.68 Å². The summed E-state index contributed by atoms with van der Waals surface area (Å²) in [5.41, 5.74) is 0.268. The largest absolute Gasteiger partial charge is 0.308 e. The second-order valence-corrected chi connectivity index (χ2v) is 5.77. The summed E-state index contributed by atoms with van der Waals surface area (Å²) in [5.74, 6) is 1.45. The van der Waals surface area contributed by atoms with Crippen molar-refractivity contribution in [3.05, 3.63) is 5.82 Å². The Morgan fingerprint density at radius 1 is 1.29 bits per heavy atom. The third-order valence-electron chi connectivity index (χ3n) is 3.38. The molecule has 0 aromatic carbocycles. The van der Waals surface area contributed by atoms with Crippen molar-refractivity contribution in [2.75, 3.05) is 6.54 Å². The molecule has 0 saturated carbocycles. The average Bonchev–Trinajstić information content (AvgIpc) is 2.64. The second-order valence-electron chi connectivity index (χ2n) is 5.77. The van der Waals surface area contributed by atoms with Gasteiger partial charge in [0.05, 0.1) is 6.04 Å². The van der Waals surface area contributed by atoms with E-state index in [-0.39, 0.29) is 11.5 Å². The van der Waals surface area contributed by atoms with Gasteiger partial charge in [-0.05, 0) is 35.2 Å². The van der Waals surface area contributed by atoms with E-state index >= 15 is 0 Å². The van der Waals surface area contributed by atoms with Crippen molar-refractivity contribution in [3.63, 3.8) is 0 Å². The predicted octanol–water partition coefficient (Wildman–Crippen LogP) is 2.03. The number of hydrogen-bond acceptors (Lipinski definition) is 4. The Bertz CT molecular complexity index is 339. The Kier molecular flexibility index (Phi) is 4.62. The molecule has 0 amide bonds. The first kappa shape index (κ1) is 14.1. The van der Waals surface area contributed by atoms with Crippen LogP contribution < -0.4 is 5.32 Å². The molecule has 0 aliphatic carbocycles. The molecule has 0 fully saturated rings. The normalized spacial score (nSPS) is 15.9. The van der Waals surface area contributed by atoms with Crippen LogP contribution in [0, 0.1) is 11.3 Å². The van der Waals surface area contributed by atoms with Gasteiger partial charge in [-0.3, -0.25) is 0 Å². The Morgan fingerprint density at radius 3 is 2.47 bits per heavy atom. The number of hydrogen-bond donors (Lipinski definition) is 1. The van der Waals surface area contributed by atoms with Crippen LogP contribution in [-0.4, -0.2) is 26.8 Å². The summed E-state index contributed by atoms with van der Waals surface area (Å²) in [6.07, 6.45) is 0. The van der Waals surface area contributed by atoms with Crippen LogP contribution in [-0.2, 0) is 6.54 Å². The fraction of sp³-hybridized carbons (Fsp3) is 0.917. The number of rotatable bonds is 5. The molecule has 0 aliphatic rings. The number of nitrogens with zero attached hydrogens (tertiary/aromatic N) is 4. The molecule has 98 valence electrons. The van der Waals surface area contributed by atoms with E-state index in [9.17, 15) is 0 Å². The van der Waals surface area contributed by atoms with Crippen molar-refractivity contribution < 1.29 is 0 Å². The van der Waals surface area contributed by atoms with E-state index in [2.05, 4.69) is 62.4 Å². The molecule has 0 spiro atoms. The molecule has 1 heterocycles. The van der Waals surface area contributed by atoms with Gasteiger partial charge >= 0.3 is 0 Å². The molecule has 1 rings (SSSR count). The topological polar surface area (TPSA) is 55.6 Å². The number of tetrazole rings is 1. The highest BCUT2D eigenvalue weighted by molar-refractivity contribution is 4.90. The zero-order chi connectivity index (χ0) is 13.1. The molecule has 0 bridgehead atoms. The molecule has 1 aromatic rings. The fourth-order valence-corrected chi connectivity index (χ4v) is 1.58. The lowest BCUT2D eigenvalue weighted by molar-refractivity contribution is 0.220. The number of nitrogens with one attached hydrogen (secondary N) is 1. The van der Waals surface area contributed by atoms with Crippen molar-refractivity contribution in [1.82, 2.24) is 25.5 Å². The second kappa shape index (κ2) is 5.58. The van der Waals surface area contributed by atoms with Crippen LogP contribution in [0.4, 0.5) is 0 Å². The Morgan fingerprint density at radius 2 is 1.94 bits per heavy atom. The molecule has 1 aromatic heterocycles. The van der Waals surface area contributed by atoms with Crippen molar-refractivity contribution in [1.29, 1.82) is 0 Å². The zero-order valence-electron chi connectivity index (χ0n) is 11.9. The molecule has 2 atom stereocenters. The third-order valence-corrected chi connectivity index (χ3v) is 3.38. The summed E-state index contributed by atoms with van der Waals surface area (Å²) >= 11 is 0. The molecule has 17 heavy (non-hydrogen) atoms. The van der Waals surface area contributed by atoms with Gasteiger partial charge in [0.2, 0.25) is 0 Å². The van der Waals surface area contributed by atoms with Crippen LogP contribution >= 0.6 is 0 Å². The van der Waals surface area contributed by atoms with Crippen LogP contribution in [0.3, 0.4) is 0 Å². The SMILES string of the molecule is CCNC(C)c1nnnn1CC(C)C(C)(C)C. The van der Waals surface area contributed by atoms with Crippen molar-refractivity contribution in [3.8, 4) is 0 Å². The van der Waals surface area contributed by atoms with Crippen molar-refractivity contribution >= 4 is 0 Å². The fourth-order valence-electron chi connectivity index (χ4n) is 1.58. The van der Waals surface area contributed by atoms with E-state index in [0.29, 0.717) is 5.92 Å². The molecule has 5 heteroatoms. The van der Waals surface area contributed by atoms with Gasteiger partial charge in [-0.1, -0.05) is 34.6 Å². The Balaban J connectivity index is 2.76. The minimum absolute atomic E-state index is 0.196. The van der Waals surface area contributed by atoms with E-state index in [1.165, 1.54) is 0 Å². The highest BCUT2D eigenvalue weighted by Crippen LogP contribution is 2.27. The van der Waals surface area contributed by atoms with Gasteiger partial charge in [0.15, 0.2) is 5.82 Å². The molecular weight excluding hydrogens is 214 g/mol. The third kappa shape index (κ3) is 3.77. The minimum Gasteiger partial charge on any atom is -0.308 e. The van der Waals surface area contributed by atoms with Crippen LogP contribution in [0.15, 0.2) is 0 Å². The van der Waals surface area contributed by atoms with Crippen molar-refractivity contribution in [2.24, 2.45) is 11.3 Å². The van der Waals surface area contributed by atoms with Gasteiger partial charge in [0.25, 0.3) is 0 Å². The van der Waals surface area contributed by atoms with Gasteiger partial charge in [-0.2, -0.15) is 0 Å². The van der Waals surface area contributed by atoms with E-state index < -0.39 is 0 Å². The van der Waals surface area contributed by atoms with Gasteiger partial charge in [0.1, 0.15) is 0 Å². The molecule has 0 radical (unpaired) electrons. The van der Waals surface area contributed by atoms with Gasteiger partial charge in [0, 0.05) is 6.54 Å². The minimum atomic E-state index is 0.196. The zero-order valence-corrected chi connectivity index (χ0v) is 11.9. The molecular formula is C12H25N5. The Labute approximate surface area is 104 Å². The maximum Gasteiger partial charge on any atom is 0.167 e. The lowest BCUT2D eigenvalue weighted by Crippen LogP contribution is -2.27. The monoisotopic (exact) mass is 239 g/mol. The number of aromatic nitrogens is 4. The van der Waals surface area contributed by atoms with Crippen molar-refractivity contribution in [2.45, 2.75) is 54.1 Å². The van der Waals surface area contributed by atoms with Crippen LogP contribution in [0.25, 0.3) is 0 Å². The summed E-state index contributed by atoms with van der Waals surface area (Å²) < 4.78 is 1.92. The molecule has 0 aliphatic heterocycles. The first-order valence-corrected chi connectivity index (χ1v) is 6.35. The molecule has 0 saturated heterocycles. The van der Waals surface area contributed by atoms with Crippen LogP contribution in [0.2, 0.25) is 0 Å². The summed E-state index contributed by atoms with van der Waals surface area (Å²) in [7, 11) is 0. The molecule has 2 unspecified atom stereocenters. The van der Waals surface area contributed by atoms with E-state index in [1.54, 1.807) is 0 Å². The highest BCUT2D eigenvalue weighted by atomic mass is 15.5. The predicted molar refractivity (Wildman–Crippen MR) is 68.5 cm³/mol. The van der Waals surface area contributed by atoms with Crippen LogP contribution in [0.1, 0.15) is 53.4 Å². The van der Waals surface area contributed by atoms with E-state index in [1.807, 2.05) is 4.68 Å². The molecule has 1 N–H and O–H groups in total. The maximum atomic E-state index is 4.11. The van der Waals surface area contributed by atoms with Crippen LogP contribution in [0.5, 0.6) is 0 Å². The first-order valence-electron chi connectivity index (χ1n) is 6.35. The summed E-state index contributed by atoms with van der Waals surface area (Å²) in [4.78, 5) is 0. The quantitative estimate of drug-likeness (QED) is 0.854. The Hall–Kier alpha value is -0.970. The highest BCUT2D eigenvalue weighted by Gasteiger charge is 2.23. The van der Waals surface area contributed by atoms with E-state index in [0.717, 1.165) is 18.9 Å². The summed E-state index contributed by atoms with van der Waals surface area (Å²) in [6.45, 7) is 14.9. The maximum absolute atomic E-state index is 4.11. The summed E-state index contributed by atoms with van der Waals surface area (Å²) in [5, 5.41) is 15.3. The first-order chi connectivity index (χ1) is 7.86. The van der Waals surface area contributed by atoms with Gasteiger partial charge in [-0.15, -0.1) is 5.10 Å². The summed E-state index contributed by atoms with van der Waals surface area (Å²) in [6, 6.07) is 0.196.